The zero-order valence-electron chi connectivity index (χ0n) is 10.2. The Hall–Kier alpha value is -1.29. The second-order valence-electron chi connectivity index (χ2n) is 4.26. The fourth-order valence-electron chi connectivity index (χ4n) is 1.85. The first-order chi connectivity index (χ1) is 9.26. The second-order valence-corrected chi connectivity index (χ2v) is 5.50. The number of nitrogen functional groups attached to an aromatic ring is 1. The number of aromatic nitrogens is 2. The van der Waals surface area contributed by atoms with E-state index in [1.807, 2.05) is 0 Å². The number of anilines is 1. The lowest BCUT2D eigenvalue weighted by atomic mass is 11.1. The Morgan fingerprint density at radius 1 is 1.60 bits per heavy atom. The largest absolute Gasteiger partial charge is 0.469 e. The molecule has 0 aliphatic carbocycles. The van der Waals surface area contributed by atoms with Crippen LogP contribution in [0.5, 0.6) is 0 Å². The summed E-state index contributed by atoms with van der Waals surface area (Å²) in [6, 6.07) is 1.40. The summed E-state index contributed by atoms with van der Waals surface area (Å²) in [6.07, 6.45) is -1.32. The molecule has 1 aliphatic heterocycles. The first-order valence-electron chi connectivity index (χ1n) is 5.64. The third-order valence-corrected chi connectivity index (χ3v) is 3.26. The van der Waals surface area contributed by atoms with Crippen molar-refractivity contribution in [3.63, 3.8) is 0 Å². The van der Waals surface area contributed by atoms with Gasteiger partial charge in [0.2, 0.25) is 0 Å². The highest BCUT2D eigenvalue weighted by atomic mass is 31.2. The van der Waals surface area contributed by atoms with Gasteiger partial charge in [0, 0.05) is 12.6 Å². The van der Waals surface area contributed by atoms with Crippen LogP contribution in [0.25, 0.3) is 0 Å². The Morgan fingerprint density at radius 2 is 2.30 bits per heavy atom. The third-order valence-electron chi connectivity index (χ3n) is 2.77. The van der Waals surface area contributed by atoms with Crippen LogP contribution in [0.3, 0.4) is 0 Å². The molecule has 0 amide bonds. The topological polar surface area (TPSA) is 157 Å². The Bertz CT molecular complexity index is 585. The number of ether oxygens (including phenoxy) is 1. The Kier molecular flexibility index (Phi) is 4.23. The van der Waals surface area contributed by atoms with Crippen LogP contribution in [0.2, 0.25) is 0 Å². The van der Waals surface area contributed by atoms with Crippen molar-refractivity contribution in [2.75, 3.05) is 12.3 Å². The molecule has 1 saturated heterocycles. The molecule has 0 aromatic carbocycles. The van der Waals surface area contributed by atoms with Crippen molar-refractivity contribution in [1.29, 1.82) is 0 Å². The predicted molar refractivity (Wildman–Crippen MR) is 65.4 cm³/mol. The van der Waals surface area contributed by atoms with Crippen molar-refractivity contribution in [3.8, 4) is 0 Å². The molecular formula is C9H14N3O7P. The zero-order chi connectivity index (χ0) is 14.9. The van der Waals surface area contributed by atoms with Gasteiger partial charge in [0.05, 0.1) is 12.7 Å². The lowest BCUT2D eigenvalue weighted by Gasteiger charge is -2.16. The van der Waals surface area contributed by atoms with Crippen LogP contribution in [-0.4, -0.2) is 43.3 Å². The number of rotatable bonds is 4. The minimum atomic E-state index is -4.64. The van der Waals surface area contributed by atoms with Crippen LogP contribution in [0, 0.1) is 0 Å². The van der Waals surface area contributed by atoms with Crippen molar-refractivity contribution in [2.45, 2.75) is 24.9 Å². The molecule has 1 aliphatic rings. The summed E-state index contributed by atoms with van der Waals surface area (Å²) in [5.41, 5.74) is 4.72. The maximum absolute atomic E-state index is 11.6. The number of phosphoric acid groups is 1. The fraction of sp³-hybridized carbons (Fsp3) is 0.556. The van der Waals surface area contributed by atoms with Crippen molar-refractivity contribution in [1.82, 2.24) is 9.55 Å². The van der Waals surface area contributed by atoms with Crippen LogP contribution in [0.15, 0.2) is 17.1 Å². The maximum Gasteiger partial charge on any atom is 0.469 e. The highest BCUT2D eigenvalue weighted by Crippen LogP contribution is 2.38. The normalized spacial score (nSPS) is 26.9. The zero-order valence-corrected chi connectivity index (χ0v) is 11.1. The molecule has 11 heteroatoms. The Labute approximate surface area is 113 Å². The van der Waals surface area contributed by atoms with Crippen LogP contribution in [0.4, 0.5) is 5.82 Å². The average molecular weight is 319 g/mol. The van der Waals surface area contributed by atoms with E-state index in [2.05, 4.69) is 9.51 Å². The Morgan fingerprint density at radius 3 is 2.90 bits per heavy atom. The van der Waals surface area contributed by atoms with Crippen molar-refractivity contribution >= 4 is 13.6 Å². The number of hydrogen-bond donors (Lipinski definition) is 4. The number of nitrogens with zero attached hydrogens (tertiary/aromatic N) is 2. The number of aliphatic hydroxyl groups excluding tert-OH is 1. The molecule has 1 fully saturated rings. The van der Waals surface area contributed by atoms with E-state index in [0.717, 1.165) is 4.57 Å². The summed E-state index contributed by atoms with van der Waals surface area (Å²) in [6.45, 7) is -0.487. The summed E-state index contributed by atoms with van der Waals surface area (Å²) in [5, 5.41) is 9.74. The summed E-state index contributed by atoms with van der Waals surface area (Å²) in [7, 11) is -4.64. The van der Waals surface area contributed by atoms with Gasteiger partial charge in [-0.05, 0) is 6.07 Å². The second kappa shape index (κ2) is 5.60. The van der Waals surface area contributed by atoms with E-state index in [-0.39, 0.29) is 12.2 Å². The van der Waals surface area contributed by atoms with Gasteiger partial charge in [-0.15, -0.1) is 0 Å². The van der Waals surface area contributed by atoms with Gasteiger partial charge >= 0.3 is 13.5 Å². The smallest absolute Gasteiger partial charge is 0.390 e. The van der Waals surface area contributed by atoms with E-state index in [9.17, 15) is 14.5 Å². The van der Waals surface area contributed by atoms with E-state index in [1.54, 1.807) is 0 Å². The van der Waals surface area contributed by atoms with Crippen molar-refractivity contribution in [2.24, 2.45) is 0 Å². The minimum absolute atomic E-state index is 0.0613. The van der Waals surface area contributed by atoms with E-state index >= 15 is 0 Å². The SMILES string of the molecule is [15NH2][13c]1[13cH][13cH][15n]([13C@@H]2[13CH2][13C@@H](O)[13C@@H]([13CH2]OP(=O)(O)O)O2)[13c](=O)[15n]1. The summed E-state index contributed by atoms with van der Waals surface area (Å²) < 4.78 is 21.3. The first kappa shape index (κ1) is 15.1. The molecule has 2 heterocycles. The minimum Gasteiger partial charge on any atom is -0.390 e. The highest BCUT2D eigenvalue weighted by Gasteiger charge is 2.36. The van der Waals surface area contributed by atoms with Crippen LogP contribution < -0.4 is 11.4 Å². The first-order valence-corrected chi connectivity index (χ1v) is 7.17. The van der Waals surface area contributed by atoms with Crippen LogP contribution in [-0.2, 0) is 13.8 Å². The molecule has 0 radical (unpaired) electrons. The van der Waals surface area contributed by atoms with Gasteiger partial charge in [0.15, 0.2) is 0 Å². The van der Waals surface area contributed by atoms with Crippen LogP contribution in [0.1, 0.15) is 12.6 Å². The number of aliphatic hydroxyl groups is 1. The molecule has 5 N–H and O–H groups in total. The van der Waals surface area contributed by atoms with Crippen molar-refractivity contribution in [3.05, 3.63) is 22.7 Å². The molecule has 10 nitrogen and oxygen atoms in total. The molecular weight excluding hydrogens is 305 g/mol. The number of phosphoric ester groups is 1. The number of hydrogen-bond acceptors (Lipinski definition) is 7. The van der Waals surface area contributed by atoms with E-state index in [4.69, 9.17) is 20.3 Å². The van der Waals surface area contributed by atoms with Gasteiger partial charge in [-0.2, -0.15) is 4.98 Å². The van der Waals surface area contributed by atoms with Gasteiger partial charge in [-0.25, -0.2) is 9.36 Å². The predicted octanol–water partition coefficient (Wildman–Crippen LogP) is -1.42. The van der Waals surface area contributed by atoms with Gasteiger partial charge in [-0.1, -0.05) is 0 Å². The Balaban J connectivity index is 2.06. The molecule has 1 aromatic rings. The number of nitrogens with two attached hydrogens (primary N) is 1. The molecule has 0 spiro atoms. The molecule has 112 valence electrons. The quantitative estimate of drug-likeness (QED) is 0.297. The summed E-state index contributed by atoms with van der Waals surface area (Å²) in [5.74, 6) is 0.0613. The summed E-state index contributed by atoms with van der Waals surface area (Å²) in [4.78, 5) is 32.3. The maximum atomic E-state index is 11.6. The molecule has 20 heavy (non-hydrogen) atoms. The lowest BCUT2D eigenvalue weighted by Crippen LogP contribution is -2.28. The monoisotopic (exact) mass is 319 g/mol. The molecule has 2 rings (SSSR count). The molecule has 0 bridgehead atoms. The lowest BCUT2D eigenvalue weighted by molar-refractivity contribution is -0.0450. The van der Waals surface area contributed by atoms with Gasteiger partial charge < -0.3 is 25.4 Å². The average Bonchev–Trinajstić information content (AvgIpc) is 2.67. The fourth-order valence-corrected chi connectivity index (χ4v) is 2.19. The van der Waals surface area contributed by atoms with E-state index in [1.165, 1.54) is 12.3 Å². The van der Waals surface area contributed by atoms with Gasteiger partial charge in [0.25, 0.3) is 0 Å². The molecule has 0 saturated carbocycles. The van der Waals surface area contributed by atoms with Gasteiger partial charge in [-0.3, -0.25) is 9.09 Å². The van der Waals surface area contributed by atoms with E-state index < -0.39 is 38.6 Å². The van der Waals surface area contributed by atoms with Crippen LogP contribution >= 0.6 is 7.82 Å². The third kappa shape index (κ3) is 3.63. The molecule has 1 aromatic heterocycles. The molecule has 3 atom stereocenters. The van der Waals surface area contributed by atoms with Crippen molar-refractivity contribution < 1.29 is 28.7 Å². The highest BCUT2D eigenvalue weighted by molar-refractivity contribution is 7.46. The molecule has 0 unspecified atom stereocenters. The standard InChI is InChI=1S/C9H14N3O7P/c10-7-1-2-12(9(14)11-7)8-3-5(13)6(19-8)4-18-20(15,16)17/h1-2,5-6,8,13H,3-4H2,(H2,10,11,14)(H2,15,16,17)/t5-,6-,8+/m1/s1/i1+1,2+1,3+1,4+1,5+1,6+1,7+1,8+1,9+1,10+1,11+1,12+1. The van der Waals surface area contributed by atoms with E-state index in [0.29, 0.717) is 0 Å². The summed E-state index contributed by atoms with van der Waals surface area (Å²) >= 11 is 0. The van der Waals surface area contributed by atoms with Gasteiger partial charge in [0.1, 0.15) is 18.1 Å².